The lowest BCUT2D eigenvalue weighted by Crippen LogP contribution is -2.19. The molecule has 0 aromatic heterocycles. The van der Waals surface area contributed by atoms with Gasteiger partial charge in [0.25, 0.3) is 0 Å². The van der Waals surface area contributed by atoms with Crippen molar-refractivity contribution in [2.75, 3.05) is 13.2 Å². The first-order chi connectivity index (χ1) is 8.47. The van der Waals surface area contributed by atoms with Crippen molar-refractivity contribution in [3.63, 3.8) is 0 Å². The van der Waals surface area contributed by atoms with Crippen LogP contribution in [0.3, 0.4) is 0 Å². The maximum Gasteiger partial charge on any atom is 0.181 e. The van der Waals surface area contributed by atoms with Crippen LogP contribution in [0.1, 0.15) is 12.8 Å². The van der Waals surface area contributed by atoms with E-state index in [4.69, 9.17) is 30.6 Å². The van der Waals surface area contributed by atoms with Gasteiger partial charge in [0, 0.05) is 12.8 Å². The lowest BCUT2D eigenvalue weighted by Gasteiger charge is -2.04. The van der Waals surface area contributed by atoms with E-state index in [1.165, 1.54) is 0 Å². The van der Waals surface area contributed by atoms with E-state index in [-0.39, 0.29) is 13.2 Å². The highest BCUT2D eigenvalue weighted by Gasteiger charge is 2.32. The fourth-order valence-electron chi connectivity index (χ4n) is 1.69. The highest BCUT2D eigenvalue weighted by atomic mass is 16.6. The Morgan fingerprint density at radius 1 is 0.722 bits per heavy atom. The zero-order valence-corrected chi connectivity index (χ0v) is 9.79. The molecule has 108 valence electrons. The molecule has 0 bridgehead atoms. The molecule has 2 aliphatic heterocycles. The average molecular weight is 268 g/mol. The Labute approximate surface area is 104 Å². The first-order valence-corrected chi connectivity index (χ1v) is 5.72. The second-order valence-electron chi connectivity index (χ2n) is 4.27. The minimum Gasteiger partial charge on any atom is -0.394 e. The molecule has 2 heterocycles. The van der Waals surface area contributed by atoms with Gasteiger partial charge in [-0.25, -0.2) is 0 Å². The average Bonchev–Trinajstić information content (AvgIpc) is 2.84. The number of hydrogen-bond acceptors (Lipinski definition) is 8. The molecular formula is C10H20O8. The molecule has 2 fully saturated rings. The first kappa shape index (κ1) is 15.7. The Kier molecular flexibility index (Phi) is 6.39. The number of rotatable bonds is 2. The van der Waals surface area contributed by atoms with Gasteiger partial charge >= 0.3 is 0 Å². The number of aliphatic hydroxyl groups is 6. The number of aliphatic hydroxyl groups excluding tert-OH is 6. The quantitative estimate of drug-likeness (QED) is 0.309. The van der Waals surface area contributed by atoms with Gasteiger partial charge in [0.2, 0.25) is 0 Å². The normalized spacial score (nSPS) is 43.7. The highest BCUT2D eigenvalue weighted by Crippen LogP contribution is 2.17. The van der Waals surface area contributed by atoms with Crippen molar-refractivity contribution in [3.8, 4) is 0 Å². The topological polar surface area (TPSA) is 140 Å². The number of hydrogen-bond donors (Lipinski definition) is 6. The third-order valence-corrected chi connectivity index (χ3v) is 2.74. The highest BCUT2D eigenvalue weighted by molar-refractivity contribution is 4.74. The Bertz CT molecular complexity index is 194. The van der Waals surface area contributed by atoms with Crippen molar-refractivity contribution in [3.05, 3.63) is 0 Å². The molecule has 2 saturated heterocycles. The van der Waals surface area contributed by atoms with Gasteiger partial charge in [0.15, 0.2) is 12.6 Å². The second kappa shape index (κ2) is 7.31. The van der Waals surface area contributed by atoms with Crippen LogP contribution in [-0.2, 0) is 9.47 Å². The van der Waals surface area contributed by atoms with Crippen LogP contribution in [-0.4, -0.2) is 80.8 Å². The fourth-order valence-corrected chi connectivity index (χ4v) is 1.69. The van der Waals surface area contributed by atoms with Crippen LogP contribution >= 0.6 is 0 Å². The van der Waals surface area contributed by atoms with Gasteiger partial charge < -0.3 is 40.1 Å². The summed E-state index contributed by atoms with van der Waals surface area (Å²) in [6, 6.07) is 0. The van der Waals surface area contributed by atoms with E-state index in [1.807, 2.05) is 0 Å². The molecule has 6 N–H and O–H groups in total. The van der Waals surface area contributed by atoms with Gasteiger partial charge in [-0.05, 0) is 0 Å². The van der Waals surface area contributed by atoms with Gasteiger partial charge in [0.05, 0.1) is 25.4 Å². The van der Waals surface area contributed by atoms with E-state index in [9.17, 15) is 0 Å². The predicted octanol–water partition coefficient (Wildman–Crippen LogP) is -3.11. The standard InChI is InChI=1S/2C5H10O4/c2*6-2-3-1-4(7)5(8)9-3/h2*3-8H,1-2H2/t2*3-,4+,5?/m00/s1. The maximum absolute atomic E-state index is 8.81. The van der Waals surface area contributed by atoms with E-state index in [0.717, 1.165) is 0 Å². The molecule has 0 saturated carbocycles. The summed E-state index contributed by atoms with van der Waals surface area (Å²) < 4.78 is 9.36. The molecule has 0 spiro atoms. The molecule has 0 aliphatic carbocycles. The molecule has 0 aromatic rings. The summed E-state index contributed by atoms with van der Waals surface area (Å²) in [6.07, 6.45) is -4.03. The molecule has 2 rings (SSSR count). The Hall–Kier alpha value is -0.320. The Morgan fingerprint density at radius 3 is 1.17 bits per heavy atom. The van der Waals surface area contributed by atoms with Crippen LogP contribution < -0.4 is 0 Å². The molecule has 6 atom stereocenters. The molecular weight excluding hydrogens is 248 g/mol. The largest absolute Gasteiger partial charge is 0.394 e. The monoisotopic (exact) mass is 268 g/mol. The van der Waals surface area contributed by atoms with Crippen LogP contribution in [0, 0.1) is 0 Å². The molecule has 8 nitrogen and oxygen atoms in total. The second-order valence-corrected chi connectivity index (χ2v) is 4.27. The molecule has 2 unspecified atom stereocenters. The van der Waals surface area contributed by atoms with Crippen molar-refractivity contribution >= 4 is 0 Å². The molecule has 8 heteroatoms. The molecule has 18 heavy (non-hydrogen) atoms. The van der Waals surface area contributed by atoms with Gasteiger partial charge in [-0.2, -0.15) is 0 Å². The van der Waals surface area contributed by atoms with Crippen molar-refractivity contribution in [1.29, 1.82) is 0 Å². The number of ether oxygens (including phenoxy) is 2. The molecule has 0 radical (unpaired) electrons. The minimum atomic E-state index is -1.11. The van der Waals surface area contributed by atoms with E-state index in [0.29, 0.717) is 12.8 Å². The SMILES string of the molecule is OC[C@@H]1C[C@@H](O)C(O)O1.OC[C@@H]1C[C@@H](O)C(O)O1. The molecule has 0 aromatic carbocycles. The zero-order chi connectivity index (χ0) is 13.7. The van der Waals surface area contributed by atoms with Crippen LogP contribution in [0.5, 0.6) is 0 Å². The van der Waals surface area contributed by atoms with Crippen molar-refractivity contribution < 1.29 is 40.1 Å². The predicted molar refractivity (Wildman–Crippen MR) is 57.2 cm³/mol. The third-order valence-electron chi connectivity index (χ3n) is 2.74. The fraction of sp³-hybridized carbons (Fsp3) is 1.00. The summed E-state index contributed by atoms with van der Waals surface area (Å²) in [7, 11) is 0. The van der Waals surface area contributed by atoms with E-state index in [1.54, 1.807) is 0 Å². The van der Waals surface area contributed by atoms with Gasteiger partial charge in [-0.3, -0.25) is 0 Å². The van der Waals surface area contributed by atoms with E-state index < -0.39 is 37.0 Å². The Morgan fingerprint density at radius 2 is 1.06 bits per heavy atom. The Balaban J connectivity index is 0.000000180. The summed E-state index contributed by atoms with van der Waals surface area (Å²) in [5, 5.41) is 52.0. The molecule has 2 aliphatic rings. The molecule has 0 amide bonds. The van der Waals surface area contributed by atoms with Crippen LogP contribution in [0.25, 0.3) is 0 Å². The van der Waals surface area contributed by atoms with E-state index in [2.05, 4.69) is 9.47 Å². The van der Waals surface area contributed by atoms with Crippen LogP contribution in [0.15, 0.2) is 0 Å². The van der Waals surface area contributed by atoms with Crippen LogP contribution in [0.4, 0.5) is 0 Å². The maximum atomic E-state index is 8.81. The van der Waals surface area contributed by atoms with Crippen molar-refractivity contribution in [1.82, 2.24) is 0 Å². The van der Waals surface area contributed by atoms with Gasteiger partial charge in [0.1, 0.15) is 12.2 Å². The smallest absolute Gasteiger partial charge is 0.181 e. The van der Waals surface area contributed by atoms with E-state index >= 15 is 0 Å². The summed E-state index contributed by atoms with van der Waals surface area (Å²) in [6.45, 7) is -0.289. The summed E-state index contributed by atoms with van der Waals surface area (Å²) in [5.74, 6) is 0. The summed E-state index contributed by atoms with van der Waals surface area (Å²) in [5.41, 5.74) is 0. The lowest BCUT2D eigenvalue weighted by molar-refractivity contribution is -0.133. The van der Waals surface area contributed by atoms with Gasteiger partial charge in [-0.1, -0.05) is 0 Å². The lowest BCUT2D eigenvalue weighted by atomic mass is 10.2. The van der Waals surface area contributed by atoms with Crippen molar-refractivity contribution in [2.24, 2.45) is 0 Å². The van der Waals surface area contributed by atoms with Gasteiger partial charge in [-0.15, -0.1) is 0 Å². The minimum absolute atomic E-state index is 0.145. The summed E-state index contributed by atoms with van der Waals surface area (Å²) in [4.78, 5) is 0. The van der Waals surface area contributed by atoms with Crippen LogP contribution in [0.2, 0.25) is 0 Å². The third kappa shape index (κ3) is 4.41. The zero-order valence-electron chi connectivity index (χ0n) is 9.79. The summed E-state index contributed by atoms with van der Waals surface area (Å²) >= 11 is 0. The van der Waals surface area contributed by atoms with Crippen molar-refractivity contribution in [2.45, 2.75) is 49.8 Å². The first-order valence-electron chi connectivity index (χ1n) is 5.72.